The molecule has 0 fully saturated rings. The summed E-state index contributed by atoms with van der Waals surface area (Å²) in [6.45, 7) is 3.83. The molecule has 2 atom stereocenters. The summed E-state index contributed by atoms with van der Waals surface area (Å²) >= 11 is 0. The van der Waals surface area contributed by atoms with Crippen molar-refractivity contribution < 1.29 is 37.6 Å². The Morgan fingerprint density at radius 2 is 1.04 bits per heavy atom. The number of phosphoric ester groups is 1. The van der Waals surface area contributed by atoms with Crippen molar-refractivity contribution in [2.75, 3.05) is 20.3 Å². The highest BCUT2D eigenvalue weighted by atomic mass is 31.2. The molecule has 0 saturated carbocycles. The van der Waals surface area contributed by atoms with Gasteiger partial charge in [0.1, 0.15) is 6.61 Å². The molecule has 2 unspecified atom stereocenters. The Bertz CT molecular complexity index is 813. The first-order chi connectivity index (χ1) is 22.3. The molecule has 0 spiro atoms. The van der Waals surface area contributed by atoms with E-state index in [4.69, 9.17) is 14.0 Å². The summed E-state index contributed by atoms with van der Waals surface area (Å²) in [7, 11) is -3.19. The molecular formula is C37H69O8P. The first-order valence-electron chi connectivity index (χ1n) is 18.5. The largest absolute Gasteiger partial charge is 0.472 e. The lowest BCUT2D eigenvalue weighted by molar-refractivity contribution is -0.161. The highest BCUT2D eigenvalue weighted by Crippen LogP contribution is 2.42. The molecule has 0 aliphatic rings. The lowest BCUT2D eigenvalue weighted by Crippen LogP contribution is -2.29. The molecule has 46 heavy (non-hydrogen) atoms. The normalized spacial score (nSPS) is 13.7. The number of allylic oxidation sites excluding steroid dienone is 4. The molecular weight excluding hydrogens is 603 g/mol. The number of esters is 2. The van der Waals surface area contributed by atoms with E-state index in [9.17, 15) is 19.0 Å². The maximum Gasteiger partial charge on any atom is 0.472 e. The van der Waals surface area contributed by atoms with E-state index in [0.717, 1.165) is 58.5 Å². The zero-order valence-electron chi connectivity index (χ0n) is 29.7. The van der Waals surface area contributed by atoms with Crippen LogP contribution in [0.5, 0.6) is 0 Å². The van der Waals surface area contributed by atoms with Gasteiger partial charge in [0.2, 0.25) is 0 Å². The minimum Gasteiger partial charge on any atom is -0.462 e. The fourth-order valence-electron chi connectivity index (χ4n) is 5.04. The summed E-state index contributed by atoms with van der Waals surface area (Å²) in [5, 5.41) is 0. The van der Waals surface area contributed by atoms with E-state index in [0.29, 0.717) is 12.8 Å². The van der Waals surface area contributed by atoms with Crippen molar-refractivity contribution in [1.29, 1.82) is 0 Å². The molecule has 0 aliphatic heterocycles. The van der Waals surface area contributed by atoms with Crippen molar-refractivity contribution in [2.45, 2.75) is 180 Å². The van der Waals surface area contributed by atoms with Gasteiger partial charge in [0, 0.05) is 20.0 Å². The molecule has 8 nitrogen and oxygen atoms in total. The smallest absolute Gasteiger partial charge is 0.462 e. The van der Waals surface area contributed by atoms with E-state index in [1.54, 1.807) is 0 Å². The number of rotatable bonds is 34. The topological polar surface area (TPSA) is 108 Å². The maximum absolute atomic E-state index is 12.4. The number of carbonyl (C=O) groups excluding carboxylic acids is 2. The summed E-state index contributed by atoms with van der Waals surface area (Å²) < 4.78 is 31.8. The second-order valence-corrected chi connectivity index (χ2v) is 13.9. The average molecular weight is 673 g/mol. The molecule has 0 aromatic carbocycles. The lowest BCUT2D eigenvalue weighted by atomic mass is 10.1. The quantitative estimate of drug-likeness (QED) is 0.0311. The van der Waals surface area contributed by atoms with Crippen molar-refractivity contribution in [3.63, 3.8) is 0 Å². The summed E-state index contributed by atoms with van der Waals surface area (Å²) in [6.07, 6.45) is 35.1. The van der Waals surface area contributed by atoms with Gasteiger partial charge in [-0.25, -0.2) is 4.57 Å². The van der Waals surface area contributed by atoms with Gasteiger partial charge >= 0.3 is 19.8 Å². The zero-order valence-corrected chi connectivity index (χ0v) is 30.6. The second-order valence-electron chi connectivity index (χ2n) is 12.4. The van der Waals surface area contributed by atoms with Gasteiger partial charge < -0.3 is 14.4 Å². The predicted molar refractivity (Wildman–Crippen MR) is 189 cm³/mol. The van der Waals surface area contributed by atoms with Crippen molar-refractivity contribution >= 4 is 19.8 Å². The SMILES string of the molecule is CCCCC/C=C\C/C=C\CCCCCCCCCC(=O)OC(COC(=O)CCCCCCCCCCCC)COP(=O)(O)OC. The van der Waals surface area contributed by atoms with E-state index in [1.165, 1.54) is 89.9 Å². The summed E-state index contributed by atoms with van der Waals surface area (Å²) in [6, 6.07) is 0. The number of phosphoric acid groups is 1. The van der Waals surface area contributed by atoms with Crippen molar-refractivity contribution in [3.05, 3.63) is 24.3 Å². The molecule has 270 valence electrons. The standard InChI is InChI=1S/C37H69O8P/c1-4-6-8-10-12-14-16-17-18-19-20-21-22-24-26-28-30-32-37(39)45-35(34-44-46(40,41)42-3)33-43-36(38)31-29-27-25-23-15-13-11-9-7-5-2/h12,14,17-18,35H,4-11,13,15-16,19-34H2,1-3H3,(H,40,41)/b14-12-,18-17-. The zero-order chi connectivity index (χ0) is 34.0. The maximum atomic E-state index is 12.4. The van der Waals surface area contributed by atoms with Crippen LogP contribution in [0.4, 0.5) is 0 Å². The van der Waals surface area contributed by atoms with Gasteiger partial charge in [-0.15, -0.1) is 0 Å². The first kappa shape index (κ1) is 44.5. The van der Waals surface area contributed by atoms with Crippen LogP contribution >= 0.6 is 7.82 Å². The Kier molecular flexibility index (Phi) is 32.4. The summed E-state index contributed by atoms with van der Waals surface area (Å²) in [5.74, 6) is -0.812. The van der Waals surface area contributed by atoms with Gasteiger partial charge in [-0.2, -0.15) is 0 Å². The predicted octanol–water partition coefficient (Wildman–Crippen LogP) is 11.1. The van der Waals surface area contributed by atoms with Crippen molar-refractivity contribution in [1.82, 2.24) is 0 Å². The molecule has 0 saturated heterocycles. The highest BCUT2D eigenvalue weighted by Gasteiger charge is 2.24. The molecule has 0 amide bonds. The number of hydrogen-bond donors (Lipinski definition) is 1. The number of hydrogen-bond acceptors (Lipinski definition) is 7. The van der Waals surface area contributed by atoms with Crippen LogP contribution in [0.15, 0.2) is 24.3 Å². The molecule has 0 aliphatic carbocycles. The Labute approximate surface area is 282 Å². The molecule has 0 rings (SSSR count). The Hall–Kier alpha value is -1.47. The van der Waals surface area contributed by atoms with E-state index in [1.807, 2.05) is 0 Å². The van der Waals surface area contributed by atoms with Crippen LogP contribution in [0.2, 0.25) is 0 Å². The Morgan fingerprint density at radius 3 is 1.57 bits per heavy atom. The highest BCUT2D eigenvalue weighted by molar-refractivity contribution is 7.47. The van der Waals surface area contributed by atoms with Crippen molar-refractivity contribution in [3.8, 4) is 0 Å². The fraction of sp³-hybridized carbons (Fsp3) is 0.838. The summed E-state index contributed by atoms with van der Waals surface area (Å²) in [5.41, 5.74) is 0. The van der Waals surface area contributed by atoms with Gasteiger partial charge in [-0.05, 0) is 44.9 Å². The van der Waals surface area contributed by atoms with Crippen LogP contribution in [0.1, 0.15) is 174 Å². The molecule has 0 radical (unpaired) electrons. The third kappa shape index (κ3) is 32.5. The monoisotopic (exact) mass is 672 g/mol. The molecule has 0 aromatic heterocycles. The van der Waals surface area contributed by atoms with Gasteiger partial charge in [0.15, 0.2) is 6.10 Å². The lowest BCUT2D eigenvalue weighted by Gasteiger charge is -2.19. The summed E-state index contributed by atoms with van der Waals surface area (Å²) in [4.78, 5) is 34.2. The number of ether oxygens (including phenoxy) is 2. The van der Waals surface area contributed by atoms with Crippen molar-refractivity contribution in [2.24, 2.45) is 0 Å². The van der Waals surface area contributed by atoms with E-state index in [2.05, 4.69) is 42.7 Å². The molecule has 1 N–H and O–H groups in total. The molecule has 0 aromatic rings. The number of unbranched alkanes of at least 4 members (excludes halogenated alkanes) is 19. The third-order valence-electron chi connectivity index (χ3n) is 7.95. The van der Waals surface area contributed by atoms with Crippen LogP contribution in [0.25, 0.3) is 0 Å². The van der Waals surface area contributed by atoms with Crippen LogP contribution in [0.3, 0.4) is 0 Å². The minimum atomic E-state index is -4.25. The number of carbonyl (C=O) groups is 2. The average Bonchev–Trinajstić information content (AvgIpc) is 3.04. The van der Waals surface area contributed by atoms with Gasteiger partial charge in [0.25, 0.3) is 0 Å². The Morgan fingerprint density at radius 1 is 0.609 bits per heavy atom. The van der Waals surface area contributed by atoms with E-state index in [-0.39, 0.29) is 19.0 Å². The van der Waals surface area contributed by atoms with Crippen LogP contribution in [-0.4, -0.2) is 43.3 Å². The first-order valence-corrected chi connectivity index (χ1v) is 20.0. The van der Waals surface area contributed by atoms with Crippen LogP contribution in [0, 0.1) is 0 Å². The van der Waals surface area contributed by atoms with Gasteiger partial charge in [0.05, 0.1) is 6.61 Å². The van der Waals surface area contributed by atoms with Crippen LogP contribution in [-0.2, 0) is 32.7 Å². The Balaban J connectivity index is 4.06. The van der Waals surface area contributed by atoms with Gasteiger partial charge in [-0.3, -0.25) is 18.6 Å². The fourth-order valence-corrected chi connectivity index (χ4v) is 5.50. The minimum absolute atomic E-state index is 0.225. The molecule has 9 heteroatoms. The third-order valence-corrected chi connectivity index (χ3v) is 8.89. The molecule has 0 bridgehead atoms. The molecule has 0 heterocycles. The van der Waals surface area contributed by atoms with E-state index >= 15 is 0 Å². The van der Waals surface area contributed by atoms with Crippen LogP contribution < -0.4 is 0 Å². The second kappa shape index (κ2) is 33.4. The van der Waals surface area contributed by atoms with E-state index < -0.39 is 26.5 Å². The van der Waals surface area contributed by atoms with Gasteiger partial charge in [-0.1, -0.05) is 141 Å².